The minimum absolute atomic E-state index is 0.165. The van der Waals surface area contributed by atoms with Crippen molar-refractivity contribution in [3.05, 3.63) is 70.6 Å². The summed E-state index contributed by atoms with van der Waals surface area (Å²) in [5.41, 5.74) is 6.35. The summed E-state index contributed by atoms with van der Waals surface area (Å²) in [4.78, 5) is 4.43. The number of nitrogens with one attached hydrogen (secondary N) is 1. The molecule has 2 N–H and O–H groups in total. The normalized spacial score (nSPS) is 19.1. The van der Waals surface area contributed by atoms with Crippen LogP contribution in [0.4, 0.5) is 5.95 Å². The molecular weight excluding hydrogens is 408 g/mol. The van der Waals surface area contributed by atoms with Gasteiger partial charge in [0.05, 0.1) is 17.1 Å². The Morgan fingerprint density at radius 2 is 1.75 bits per heavy atom. The van der Waals surface area contributed by atoms with Crippen LogP contribution in [-0.2, 0) is 14.1 Å². The van der Waals surface area contributed by atoms with E-state index in [4.69, 9.17) is 4.74 Å². The van der Waals surface area contributed by atoms with E-state index in [1.54, 1.807) is 27.6 Å². The van der Waals surface area contributed by atoms with Crippen molar-refractivity contribution < 1.29 is 9.84 Å². The Morgan fingerprint density at radius 3 is 2.44 bits per heavy atom. The number of aryl methyl sites for hydroxylation is 4. The summed E-state index contributed by atoms with van der Waals surface area (Å²) in [6, 6.07) is 4.84. The van der Waals surface area contributed by atoms with Gasteiger partial charge in [-0.2, -0.15) is 20.3 Å². The summed E-state index contributed by atoms with van der Waals surface area (Å²) in [5.74, 6) is 1.46. The van der Waals surface area contributed by atoms with Crippen LogP contribution in [0.15, 0.2) is 42.5 Å². The van der Waals surface area contributed by atoms with Crippen LogP contribution in [0.1, 0.15) is 40.2 Å². The SMILES string of the molecule is Cc1nn(C)cc1C1Oc2ccc(O)cc2C2=C1C(c1cn(C)nc1C)n1ncnc1N2. The molecule has 0 spiro atoms. The van der Waals surface area contributed by atoms with Crippen LogP contribution in [0.3, 0.4) is 0 Å². The number of benzene rings is 1. The van der Waals surface area contributed by atoms with E-state index < -0.39 is 6.10 Å². The number of aromatic nitrogens is 7. The number of hydrogen-bond donors (Lipinski definition) is 2. The van der Waals surface area contributed by atoms with Crippen molar-refractivity contribution in [2.24, 2.45) is 14.1 Å². The summed E-state index contributed by atoms with van der Waals surface area (Å²) in [6.07, 6.45) is 5.12. The van der Waals surface area contributed by atoms with Gasteiger partial charge in [0, 0.05) is 48.8 Å². The second-order valence-corrected chi connectivity index (χ2v) is 8.25. The molecule has 0 radical (unpaired) electrons. The maximum Gasteiger partial charge on any atom is 0.226 e. The molecule has 2 atom stereocenters. The fraction of sp³-hybridized carbons (Fsp3) is 0.273. The maximum atomic E-state index is 10.2. The summed E-state index contributed by atoms with van der Waals surface area (Å²) < 4.78 is 12.0. The number of rotatable bonds is 2. The van der Waals surface area contributed by atoms with Crippen LogP contribution in [-0.4, -0.2) is 39.4 Å². The van der Waals surface area contributed by atoms with E-state index >= 15 is 0 Å². The van der Waals surface area contributed by atoms with Crippen molar-refractivity contribution in [3.63, 3.8) is 0 Å². The Morgan fingerprint density at radius 1 is 1.03 bits per heavy atom. The van der Waals surface area contributed by atoms with Gasteiger partial charge < -0.3 is 15.2 Å². The van der Waals surface area contributed by atoms with Gasteiger partial charge in [-0.15, -0.1) is 0 Å². The van der Waals surface area contributed by atoms with E-state index in [9.17, 15) is 5.11 Å². The molecule has 10 heteroatoms. The first-order chi connectivity index (χ1) is 15.4. The number of phenolic OH excluding ortho intramolecular Hbond substituents is 1. The molecule has 162 valence electrons. The van der Waals surface area contributed by atoms with Crippen LogP contribution in [0.5, 0.6) is 11.5 Å². The zero-order valence-electron chi connectivity index (χ0n) is 18.1. The van der Waals surface area contributed by atoms with Gasteiger partial charge >= 0.3 is 0 Å². The van der Waals surface area contributed by atoms with Gasteiger partial charge in [0.1, 0.15) is 23.9 Å². The smallest absolute Gasteiger partial charge is 0.226 e. The van der Waals surface area contributed by atoms with E-state index in [-0.39, 0.29) is 11.8 Å². The Bertz CT molecular complexity index is 1410. The van der Waals surface area contributed by atoms with Crippen molar-refractivity contribution in [1.29, 1.82) is 0 Å². The van der Waals surface area contributed by atoms with Gasteiger partial charge in [-0.25, -0.2) is 4.68 Å². The van der Waals surface area contributed by atoms with E-state index in [1.165, 1.54) is 6.33 Å². The largest absolute Gasteiger partial charge is 0.508 e. The standard InChI is InChI=1S/C22H22N8O2/c1-11-15(8-28(3)26-11)20-18-19(25-22-23-10-24-30(20)22)14-7-13(31)5-6-17(14)32-21(18)16-9-29(4)27-12(16)2/h5-10,20-21,31H,1-4H3,(H,23,24,25). The summed E-state index contributed by atoms with van der Waals surface area (Å²) in [7, 11) is 3.81. The molecule has 4 aromatic rings. The third kappa shape index (κ3) is 2.58. The average molecular weight is 430 g/mol. The molecular formula is C22H22N8O2. The lowest BCUT2D eigenvalue weighted by Gasteiger charge is -2.38. The van der Waals surface area contributed by atoms with Crippen LogP contribution in [0.25, 0.3) is 5.70 Å². The van der Waals surface area contributed by atoms with Gasteiger partial charge in [-0.3, -0.25) is 9.36 Å². The average Bonchev–Trinajstić information content (AvgIpc) is 3.44. The molecule has 0 aliphatic carbocycles. The third-order valence-electron chi connectivity index (χ3n) is 6.08. The second-order valence-electron chi connectivity index (χ2n) is 8.25. The minimum Gasteiger partial charge on any atom is -0.508 e. The van der Waals surface area contributed by atoms with Crippen molar-refractivity contribution >= 4 is 11.6 Å². The molecule has 0 amide bonds. The number of hydrogen-bond acceptors (Lipinski definition) is 7. The topological polar surface area (TPSA) is 108 Å². The predicted molar refractivity (Wildman–Crippen MR) is 116 cm³/mol. The Labute approximate surface area is 183 Å². The zero-order chi connectivity index (χ0) is 22.1. The fourth-order valence-electron chi connectivity index (χ4n) is 4.78. The lowest BCUT2D eigenvalue weighted by Crippen LogP contribution is -2.32. The molecule has 1 aromatic carbocycles. The van der Waals surface area contributed by atoms with E-state index in [1.807, 2.05) is 45.0 Å². The van der Waals surface area contributed by atoms with Gasteiger partial charge in [0.15, 0.2) is 6.10 Å². The Hall–Kier alpha value is -4.08. The van der Waals surface area contributed by atoms with E-state index in [0.29, 0.717) is 11.7 Å². The number of fused-ring (bicyclic) bond motifs is 3. The highest BCUT2D eigenvalue weighted by molar-refractivity contribution is 5.85. The molecule has 5 heterocycles. The third-order valence-corrected chi connectivity index (χ3v) is 6.08. The van der Waals surface area contributed by atoms with Gasteiger partial charge in [0.25, 0.3) is 0 Å². The molecule has 2 aliphatic heterocycles. The molecule has 0 saturated carbocycles. The van der Waals surface area contributed by atoms with Gasteiger partial charge in [0.2, 0.25) is 5.95 Å². The zero-order valence-corrected chi connectivity index (χ0v) is 18.1. The number of phenols is 1. The highest BCUT2D eigenvalue weighted by atomic mass is 16.5. The first kappa shape index (κ1) is 18.7. The van der Waals surface area contributed by atoms with Gasteiger partial charge in [-0.05, 0) is 32.0 Å². The highest BCUT2D eigenvalue weighted by Gasteiger charge is 2.43. The van der Waals surface area contributed by atoms with Crippen LogP contribution in [0, 0.1) is 13.8 Å². The van der Waals surface area contributed by atoms with E-state index in [2.05, 4.69) is 25.6 Å². The molecule has 0 bridgehead atoms. The number of anilines is 1. The van der Waals surface area contributed by atoms with Crippen molar-refractivity contribution in [2.75, 3.05) is 5.32 Å². The lowest BCUT2D eigenvalue weighted by atomic mass is 9.85. The maximum absolute atomic E-state index is 10.2. The first-order valence-electron chi connectivity index (χ1n) is 10.3. The van der Waals surface area contributed by atoms with E-state index in [0.717, 1.165) is 39.3 Å². The number of ether oxygens (including phenoxy) is 1. The molecule has 3 aromatic heterocycles. The quantitative estimate of drug-likeness (QED) is 0.503. The van der Waals surface area contributed by atoms with Crippen LogP contribution in [0.2, 0.25) is 0 Å². The summed E-state index contributed by atoms with van der Waals surface area (Å²) >= 11 is 0. The predicted octanol–water partition coefficient (Wildman–Crippen LogP) is 2.63. The highest BCUT2D eigenvalue weighted by Crippen LogP contribution is 2.51. The minimum atomic E-state index is -0.412. The molecule has 0 saturated heterocycles. The number of nitrogens with zero attached hydrogens (tertiary/aromatic N) is 7. The molecule has 32 heavy (non-hydrogen) atoms. The lowest BCUT2D eigenvalue weighted by molar-refractivity contribution is 0.222. The van der Waals surface area contributed by atoms with Gasteiger partial charge in [-0.1, -0.05) is 0 Å². The molecule has 2 aliphatic rings. The first-order valence-corrected chi connectivity index (χ1v) is 10.3. The monoisotopic (exact) mass is 430 g/mol. The summed E-state index contributed by atoms with van der Waals surface area (Å²) in [6.45, 7) is 3.97. The Kier molecular flexibility index (Phi) is 3.77. The molecule has 2 unspecified atom stereocenters. The Balaban J connectivity index is 1.67. The van der Waals surface area contributed by atoms with Crippen molar-refractivity contribution in [2.45, 2.75) is 26.0 Å². The van der Waals surface area contributed by atoms with Crippen LogP contribution < -0.4 is 10.1 Å². The molecule has 0 fully saturated rings. The second kappa shape index (κ2) is 6.46. The number of aromatic hydroxyl groups is 1. The molecule has 6 rings (SSSR count). The van der Waals surface area contributed by atoms with Crippen molar-refractivity contribution in [1.82, 2.24) is 34.3 Å². The fourth-order valence-corrected chi connectivity index (χ4v) is 4.78. The summed E-state index contributed by atoms with van der Waals surface area (Å²) in [5, 5.41) is 27.3. The molecule has 10 nitrogen and oxygen atoms in total. The van der Waals surface area contributed by atoms with Crippen molar-refractivity contribution in [3.8, 4) is 11.5 Å². The van der Waals surface area contributed by atoms with Crippen LogP contribution >= 0.6 is 0 Å².